The summed E-state index contributed by atoms with van der Waals surface area (Å²) in [5.74, 6) is 2.28. The van der Waals surface area contributed by atoms with Gasteiger partial charge in [-0.15, -0.1) is 6.42 Å². The van der Waals surface area contributed by atoms with E-state index in [0.717, 1.165) is 6.42 Å². The summed E-state index contributed by atoms with van der Waals surface area (Å²) in [5, 5.41) is 2.55. The zero-order chi connectivity index (χ0) is 12.6. The highest BCUT2D eigenvalue weighted by Gasteiger charge is 2.22. The van der Waals surface area contributed by atoms with Gasteiger partial charge >= 0.3 is 0 Å². The predicted molar refractivity (Wildman–Crippen MR) is 67.2 cm³/mol. The van der Waals surface area contributed by atoms with Gasteiger partial charge in [-0.05, 0) is 6.42 Å². The summed E-state index contributed by atoms with van der Waals surface area (Å²) in [6, 6.07) is -0.597. The van der Waals surface area contributed by atoms with Crippen LogP contribution in [0.4, 0.5) is 0 Å². The molecule has 0 spiro atoms. The number of carbonyl (C=O) groups is 2. The number of amides is 2. The monoisotopic (exact) mass is 242 g/mol. The van der Waals surface area contributed by atoms with Crippen LogP contribution in [0.2, 0.25) is 0 Å². The molecular formula is C11H18N2O2S. The number of hydrogen-bond acceptors (Lipinski definition) is 3. The molecule has 0 rings (SSSR count). The first kappa shape index (κ1) is 14.8. The Kier molecular flexibility index (Phi) is 7.48. The lowest BCUT2D eigenvalue weighted by Crippen LogP contribution is -2.49. The zero-order valence-electron chi connectivity index (χ0n) is 9.69. The third kappa shape index (κ3) is 5.08. The molecular weight excluding hydrogens is 224 g/mol. The first-order valence-corrected chi connectivity index (χ1v) is 5.80. The molecule has 1 N–H and O–H groups in total. The van der Waals surface area contributed by atoms with Gasteiger partial charge in [0, 0.05) is 19.2 Å². The smallest absolute Gasteiger partial charge is 0.246 e. The molecule has 5 heteroatoms. The van der Waals surface area contributed by atoms with Gasteiger partial charge in [-0.3, -0.25) is 9.59 Å². The van der Waals surface area contributed by atoms with Crippen LogP contribution in [-0.4, -0.2) is 41.6 Å². The zero-order valence-corrected chi connectivity index (χ0v) is 10.6. The molecule has 1 atom stereocenters. The molecule has 16 heavy (non-hydrogen) atoms. The molecule has 0 aliphatic heterocycles. The Balaban J connectivity index is 4.54. The summed E-state index contributed by atoms with van der Waals surface area (Å²) in [6.07, 6.45) is 6.02. The van der Waals surface area contributed by atoms with Gasteiger partial charge < -0.3 is 10.2 Å². The Labute approximate surface area is 102 Å². The molecule has 0 aromatic rings. The second-order valence-corrected chi connectivity index (χ2v) is 3.76. The van der Waals surface area contributed by atoms with Crippen molar-refractivity contribution in [2.75, 3.05) is 18.8 Å². The van der Waals surface area contributed by atoms with Gasteiger partial charge in [0.1, 0.15) is 6.04 Å². The highest BCUT2D eigenvalue weighted by atomic mass is 32.1. The molecule has 0 aliphatic carbocycles. The highest BCUT2D eigenvalue weighted by Crippen LogP contribution is 1.99. The summed E-state index contributed by atoms with van der Waals surface area (Å²) in [6.45, 7) is 4.18. The van der Waals surface area contributed by atoms with E-state index in [-0.39, 0.29) is 24.1 Å². The summed E-state index contributed by atoms with van der Waals surface area (Å²) < 4.78 is 0. The molecule has 90 valence electrons. The lowest BCUT2D eigenvalue weighted by Gasteiger charge is -2.24. The SMILES string of the molecule is C#CCN(CCC)C(=O)C(CS)NC(C)=O. The molecule has 0 saturated carbocycles. The molecule has 0 aromatic heterocycles. The number of thiol groups is 1. The van der Waals surface area contributed by atoms with Gasteiger partial charge in [0.05, 0.1) is 6.54 Å². The van der Waals surface area contributed by atoms with Gasteiger partial charge in [-0.2, -0.15) is 12.6 Å². The van der Waals surface area contributed by atoms with E-state index < -0.39 is 6.04 Å². The van der Waals surface area contributed by atoms with Crippen LogP contribution in [0.1, 0.15) is 20.3 Å². The maximum absolute atomic E-state index is 12.0. The molecule has 1 unspecified atom stereocenters. The van der Waals surface area contributed by atoms with Crippen molar-refractivity contribution in [3.63, 3.8) is 0 Å². The van der Waals surface area contributed by atoms with Crippen molar-refractivity contribution in [2.24, 2.45) is 0 Å². The molecule has 2 amide bonds. The van der Waals surface area contributed by atoms with E-state index in [1.807, 2.05) is 6.92 Å². The molecule has 0 aliphatic rings. The molecule has 0 aromatic carbocycles. The van der Waals surface area contributed by atoms with Gasteiger partial charge in [-0.1, -0.05) is 12.8 Å². The second kappa shape index (κ2) is 8.05. The van der Waals surface area contributed by atoms with Crippen molar-refractivity contribution in [1.82, 2.24) is 10.2 Å². The van der Waals surface area contributed by atoms with E-state index in [9.17, 15) is 9.59 Å². The van der Waals surface area contributed by atoms with Gasteiger partial charge in [0.15, 0.2) is 0 Å². The minimum Gasteiger partial charge on any atom is -0.344 e. The van der Waals surface area contributed by atoms with Crippen LogP contribution >= 0.6 is 12.6 Å². The van der Waals surface area contributed by atoms with Crippen LogP contribution in [0.5, 0.6) is 0 Å². The number of nitrogens with one attached hydrogen (secondary N) is 1. The van der Waals surface area contributed by atoms with Crippen molar-refractivity contribution in [3.05, 3.63) is 0 Å². The van der Waals surface area contributed by atoms with E-state index in [2.05, 4.69) is 23.9 Å². The fourth-order valence-electron chi connectivity index (χ4n) is 1.30. The molecule has 0 radical (unpaired) electrons. The standard InChI is InChI=1S/C11H18N2O2S/c1-4-6-13(7-5-2)11(15)10(8-16)12-9(3)14/h1,10,16H,5-8H2,2-3H3,(H,12,14). The maximum Gasteiger partial charge on any atom is 0.246 e. The number of nitrogens with zero attached hydrogens (tertiary/aromatic N) is 1. The maximum atomic E-state index is 12.0. The van der Waals surface area contributed by atoms with Crippen molar-refractivity contribution in [2.45, 2.75) is 26.3 Å². The fraction of sp³-hybridized carbons (Fsp3) is 0.636. The van der Waals surface area contributed by atoms with E-state index in [0.29, 0.717) is 6.54 Å². The first-order chi connectivity index (χ1) is 7.56. The first-order valence-electron chi connectivity index (χ1n) is 5.17. The van der Waals surface area contributed by atoms with Crippen molar-refractivity contribution in [3.8, 4) is 12.3 Å². The van der Waals surface area contributed by atoms with Crippen molar-refractivity contribution in [1.29, 1.82) is 0 Å². The fourth-order valence-corrected chi connectivity index (χ4v) is 1.55. The number of terminal acetylenes is 1. The Hall–Kier alpha value is -1.15. The Morgan fingerprint density at radius 1 is 1.56 bits per heavy atom. The van der Waals surface area contributed by atoms with Crippen LogP contribution < -0.4 is 5.32 Å². The molecule has 0 fully saturated rings. The molecule has 0 bridgehead atoms. The Morgan fingerprint density at radius 3 is 2.56 bits per heavy atom. The van der Waals surface area contributed by atoms with Crippen LogP contribution in [0.25, 0.3) is 0 Å². The minimum atomic E-state index is -0.597. The normalized spacial score (nSPS) is 11.4. The second-order valence-electron chi connectivity index (χ2n) is 3.40. The summed E-state index contributed by atoms with van der Waals surface area (Å²) in [4.78, 5) is 24.4. The van der Waals surface area contributed by atoms with E-state index >= 15 is 0 Å². The van der Waals surface area contributed by atoms with Gasteiger partial charge in [0.25, 0.3) is 0 Å². The van der Waals surface area contributed by atoms with E-state index in [1.54, 1.807) is 4.90 Å². The minimum absolute atomic E-state index is 0.176. The van der Waals surface area contributed by atoms with Crippen LogP contribution in [0.15, 0.2) is 0 Å². The van der Waals surface area contributed by atoms with Crippen LogP contribution in [-0.2, 0) is 9.59 Å². The lowest BCUT2D eigenvalue weighted by molar-refractivity contribution is -0.134. The number of hydrogen-bond donors (Lipinski definition) is 2. The van der Waals surface area contributed by atoms with Gasteiger partial charge in [-0.25, -0.2) is 0 Å². The molecule has 4 nitrogen and oxygen atoms in total. The third-order valence-corrected chi connectivity index (χ3v) is 2.31. The average Bonchev–Trinajstić information content (AvgIpc) is 2.24. The quantitative estimate of drug-likeness (QED) is 0.520. The van der Waals surface area contributed by atoms with Crippen LogP contribution in [0, 0.1) is 12.3 Å². The lowest BCUT2D eigenvalue weighted by atomic mass is 10.2. The molecule has 0 saturated heterocycles. The van der Waals surface area contributed by atoms with E-state index in [4.69, 9.17) is 6.42 Å². The van der Waals surface area contributed by atoms with E-state index in [1.165, 1.54) is 6.92 Å². The number of rotatable bonds is 6. The Bertz CT molecular complexity index is 286. The summed E-state index contributed by atoms with van der Waals surface area (Å²) in [7, 11) is 0. The summed E-state index contributed by atoms with van der Waals surface area (Å²) in [5.41, 5.74) is 0. The third-order valence-electron chi connectivity index (χ3n) is 1.95. The van der Waals surface area contributed by atoms with Crippen molar-refractivity contribution < 1.29 is 9.59 Å². The van der Waals surface area contributed by atoms with Gasteiger partial charge in [0.2, 0.25) is 11.8 Å². The highest BCUT2D eigenvalue weighted by molar-refractivity contribution is 7.80. The largest absolute Gasteiger partial charge is 0.344 e. The predicted octanol–water partition coefficient (Wildman–Crippen LogP) is 0.293. The van der Waals surface area contributed by atoms with Crippen LogP contribution in [0.3, 0.4) is 0 Å². The van der Waals surface area contributed by atoms with Crippen molar-refractivity contribution >= 4 is 24.4 Å². The Morgan fingerprint density at radius 2 is 2.19 bits per heavy atom. The molecule has 0 heterocycles. The topological polar surface area (TPSA) is 49.4 Å². The number of carbonyl (C=O) groups excluding carboxylic acids is 2. The summed E-state index contributed by atoms with van der Waals surface area (Å²) >= 11 is 4.05. The average molecular weight is 242 g/mol.